The van der Waals surface area contributed by atoms with E-state index in [1.807, 2.05) is 0 Å². The van der Waals surface area contributed by atoms with Crippen LogP contribution in [0.1, 0.15) is 47.0 Å². The van der Waals surface area contributed by atoms with Gasteiger partial charge in [0.1, 0.15) is 42.2 Å². The van der Waals surface area contributed by atoms with E-state index in [2.05, 4.69) is 13.8 Å². The Morgan fingerprint density at radius 1 is 1.02 bits per heavy atom. The second-order valence-corrected chi connectivity index (χ2v) is 13.2. The van der Waals surface area contributed by atoms with Crippen molar-refractivity contribution in [1.82, 2.24) is 0 Å². The summed E-state index contributed by atoms with van der Waals surface area (Å²) < 4.78 is 42.6. The number of cyclic esters (lactones) is 1. The minimum absolute atomic E-state index is 0.0139. The number of fused-ring (bicyclic) bond motifs is 3. The first kappa shape index (κ1) is 27.0. The highest BCUT2D eigenvalue weighted by Gasteiger charge is 2.86. The standard InChI is InChI=1S/C29H38O11/c1-15(30)16-7-5-6-8-20(32)37-18-11-19-29(14-36-29)27(18,4)28(10-9-25(2)21(39-25)22(28)38-19)13-35-24(33)23-26(3,40-23)17(31)12-34-16/h5-8,15-19,21-23,30-31H,9-14H2,1-4H3/b7-5?,8-6+/t15-,16-,17-,18+,19-,21-,22+,23+,25+,26+,27+,28?,29?/m0/s1. The lowest BCUT2D eigenvalue weighted by Crippen LogP contribution is -2.69. The maximum atomic E-state index is 13.4. The van der Waals surface area contributed by atoms with Gasteiger partial charge >= 0.3 is 11.9 Å². The smallest absolute Gasteiger partial charge is 0.338 e. The summed E-state index contributed by atoms with van der Waals surface area (Å²) in [6.45, 7) is 7.67. The van der Waals surface area contributed by atoms with E-state index < -0.39 is 64.5 Å². The van der Waals surface area contributed by atoms with Crippen LogP contribution in [0.3, 0.4) is 0 Å². The van der Waals surface area contributed by atoms with Crippen molar-refractivity contribution in [3.8, 4) is 0 Å². The summed E-state index contributed by atoms with van der Waals surface area (Å²) in [5, 5.41) is 20.9. The van der Waals surface area contributed by atoms with Crippen LogP contribution in [-0.4, -0.2) is 108 Å². The Labute approximate surface area is 232 Å². The largest absolute Gasteiger partial charge is 0.463 e. The number of carbonyl (C=O) groups is 2. The van der Waals surface area contributed by atoms with E-state index in [0.717, 1.165) is 6.42 Å². The van der Waals surface area contributed by atoms with Crippen LogP contribution in [-0.2, 0) is 42.7 Å². The number of aliphatic hydroxyl groups excluding tert-OH is 2. The second-order valence-electron chi connectivity index (χ2n) is 13.2. The van der Waals surface area contributed by atoms with E-state index in [1.165, 1.54) is 12.2 Å². The third kappa shape index (κ3) is 3.55. The Morgan fingerprint density at radius 3 is 2.52 bits per heavy atom. The predicted octanol–water partition coefficient (Wildman–Crippen LogP) is 0.736. The maximum Gasteiger partial charge on any atom is 0.338 e. The average molecular weight is 563 g/mol. The van der Waals surface area contributed by atoms with Gasteiger partial charge in [-0.1, -0.05) is 25.2 Å². The zero-order chi connectivity index (χ0) is 28.3. The Morgan fingerprint density at radius 2 is 1.80 bits per heavy atom. The number of rotatable bonds is 1. The maximum absolute atomic E-state index is 13.4. The first-order valence-corrected chi connectivity index (χ1v) is 14.3. The molecule has 13 atom stereocenters. The number of esters is 2. The molecule has 11 nitrogen and oxygen atoms in total. The lowest BCUT2D eigenvalue weighted by molar-refractivity contribution is -0.251. The molecule has 5 heterocycles. The molecular weight excluding hydrogens is 524 g/mol. The number of ether oxygens (including phenoxy) is 7. The van der Waals surface area contributed by atoms with Crippen molar-refractivity contribution in [3.63, 3.8) is 0 Å². The van der Waals surface area contributed by atoms with Crippen LogP contribution in [0, 0.1) is 10.8 Å². The van der Waals surface area contributed by atoms with Gasteiger partial charge in [0.25, 0.3) is 0 Å². The van der Waals surface area contributed by atoms with E-state index in [1.54, 1.807) is 26.0 Å². The third-order valence-electron chi connectivity index (χ3n) is 11.1. The molecule has 7 aliphatic rings. The lowest BCUT2D eigenvalue weighted by atomic mass is 9.50. The molecule has 2 spiro atoms. The third-order valence-corrected chi connectivity index (χ3v) is 11.1. The zero-order valence-corrected chi connectivity index (χ0v) is 23.2. The van der Waals surface area contributed by atoms with Gasteiger partial charge in [-0.15, -0.1) is 0 Å². The van der Waals surface area contributed by atoms with Crippen LogP contribution in [0.15, 0.2) is 24.3 Å². The Balaban J connectivity index is 1.25. The molecule has 0 aromatic carbocycles. The molecule has 7 rings (SSSR count). The Hall–Kier alpha value is -1.86. The minimum atomic E-state index is -1.18. The molecule has 0 aromatic heterocycles. The number of epoxide rings is 3. The van der Waals surface area contributed by atoms with Gasteiger partial charge in [0.15, 0.2) is 6.10 Å². The summed E-state index contributed by atoms with van der Waals surface area (Å²) in [5.41, 5.74) is -3.54. The molecule has 2 N–H and O–H groups in total. The van der Waals surface area contributed by atoms with E-state index in [-0.39, 0.29) is 37.1 Å². The average Bonchev–Trinajstić information content (AvgIpc) is 3.81. The van der Waals surface area contributed by atoms with Crippen molar-refractivity contribution in [2.75, 3.05) is 19.8 Å². The Kier molecular flexibility index (Phi) is 5.80. The van der Waals surface area contributed by atoms with Crippen LogP contribution in [0.5, 0.6) is 0 Å². The molecule has 2 saturated carbocycles. The van der Waals surface area contributed by atoms with E-state index in [9.17, 15) is 19.8 Å². The van der Waals surface area contributed by atoms with Crippen LogP contribution in [0.25, 0.3) is 0 Å². The zero-order valence-electron chi connectivity index (χ0n) is 23.2. The van der Waals surface area contributed by atoms with Crippen molar-refractivity contribution in [2.45, 2.75) is 113 Å². The predicted molar refractivity (Wildman–Crippen MR) is 135 cm³/mol. The summed E-state index contributed by atoms with van der Waals surface area (Å²) in [6, 6.07) is 0. The van der Waals surface area contributed by atoms with Gasteiger partial charge in [0.05, 0.1) is 42.5 Å². The summed E-state index contributed by atoms with van der Waals surface area (Å²) >= 11 is 0. The fourth-order valence-corrected chi connectivity index (χ4v) is 8.09. The van der Waals surface area contributed by atoms with Crippen molar-refractivity contribution < 1.29 is 53.0 Å². The highest BCUT2D eigenvalue weighted by atomic mass is 16.7. The molecule has 0 radical (unpaired) electrons. The van der Waals surface area contributed by atoms with Gasteiger partial charge in [0.2, 0.25) is 0 Å². The first-order valence-electron chi connectivity index (χ1n) is 14.3. The molecule has 5 aliphatic heterocycles. The SMILES string of the molecule is C[C@H](O)[C@@H]1C=C/C=C/C(=O)O[C@@H]2C[C@@H]3O[C@@H]4[C@@H]5O[C@]5(C)CCC4(COC(=O)[C@H]4O[C@]4(C)[C@@H](O)CO1)[C@]2(C)C31CO1. The van der Waals surface area contributed by atoms with E-state index >= 15 is 0 Å². The summed E-state index contributed by atoms with van der Waals surface area (Å²) in [5.74, 6) is -1.10. The van der Waals surface area contributed by atoms with E-state index in [4.69, 9.17) is 33.2 Å². The highest BCUT2D eigenvalue weighted by molar-refractivity contribution is 5.82. The van der Waals surface area contributed by atoms with Crippen LogP contribution in [0.4, 0.5) is 0 Å². The normalized spacial score (nSPS) is 56.4. The number of aliphatic hydroxyl groups is 2. The van der Waals surface area contributed by atoms with Gasteiger partial charge in [-0.2, -0.15) is 0 Å². The minimum Gasteiger partial charge on any atom is -0.463 e. The molecule has 2 bridgehead atoms. The molecular formula is C29H38O11. The molecule has 11 heteroatoms. The number of hydrogen-bond donors (Lipinski definition) is 2. The van der Waals surface area contributed by atoms with Gasteiger partial charge < -0.3 is 43.4 Å². The van der Waals surface area contributed by atoms with Crippen molar-refractivity contribution in [2.24, 2.45) is 10.8 Å². The molecule has 220 valence electrons. The summed E-state index contributed by atoms with van der Waals surface area (Å²) in [6.07, 6.45) is 2.83. The van der Waals surface area contributed by atoms with Gasteiger partial charge in [-0.25, -0.2) is 9.59 Å². The van der Waals surface area contributed by atoms with E-state index in [0.29, 0.717) is 19.4 Å². The number of allylic oxidation sites excluding steroid dienone is 2. The molecule has 0 aromatic rings. The topological polar surface area (TPSA) is 149 Å². The fraction of sp³-hybridized carbons (Fsp3) is 0.793. The second kappa shape index (κ2) is 8.59. The number of carbonyl (C=O) groups excluding carboxylic acids is 2. The first-order chi connectivity index (χ1) is 18.9. The van der Waals surface area contributed by atoms with Gasteiger partial charge in [0, 0.05) is 17.9 Å². The Bertz CT molecular complexity index is 1160. The van der Waals surface area contributed by atoms with Crippen molar-refractivity contribution >= 4 is 11.9 Å². The number of hydrogen-bond acceptors (Lipinski definition) is 11. The van der Waals surface area contributed by atoms with Gasteiger partial charge in [-0.05, 0) is 33.6 Å². The summed E-state index contributed by atoms with van der Waals surface area (Å²) in [4.78, 5) is 26.4. The molecule has 4 saturated heterocycles. The highest BCUT2D eigenvalue weighted by Crippen LogP contribution is 2.75. The monoisotopic (exact) mass is 562 g/mol. The molecule has 40 heavy (non-hydrogen) atoms. The van der Waals surface area contributed by atoms with Crippen molar-refractivity contribution in [1.29, 1.82) is 0 Å². The quantitative estimate of drug-likeness (QED) is 0.344. The van der Waals surface area contributed by atoms with Crippen LogP contribution in [0.2, 0.25) is 0 Å². The van der Waals surface area contributed by atoms with Gasteiger partial charge in [-0.3, -0.25) is 0 Å². The fourth-order valence-electron chi connectivity index (χ4n) is 8.09. The van der Waals surface area contributed by atoms with Crippen LogP contribution < -0.4 is 0 Å². The molecule has 2 aliphatic carbocycles. The molecule has 6 fully saturated rings. The van der Waals surface area contributed by atoms with Crippen LogP contribution >= 0.6 is 0 Å². The lowest BCUT2D eigenvalue weighted by Gasteiger charge is -2.58. The van der Waals surface area contributed by atoms with Crippen molar-refractivity contribution in [3.05, 3.63) is 24.3 Å². The summed E-state index contributed by atoms with van der Waals surface area (Å²) in [7, 11) is 0. The molecule has 0 amide bonds. The molecule has 2 unspecified atom stereocenters.